The Hall–Kier alpha value is -2.78. The second kappa shape index (κ2) is 9.62. The summed E-state index contributed by atoms with van der Waals surface area (Å²) in [6, 6.07) is 5.48. The number of nitrogens with one attached hydrogen (secondary N) is 2. The Labute approximate surface area is 173 Å². The molecule has 2 amide bonds. The van der Waals surface area contributed by atoms with Crippen LogP contribution in [0.15, 0.2) is 23.6 Å². The Morgan fingerprint density at radius 1 is 1.10 bits per heavy atom. The van der Waals surface area contributed by atoms with Crippen molar-refractivity contribution < 1.29 is 19.1 Å². The van der Waals surface area contributed by atoms with Crippen LogP contribution < -0.4 is 15.8 Å². The number of carbonyl (C=O) groups excluding carboxylic acids is 3. The summed E-state index contributed by atoms with van der Waals surface area (Å²) in [5.41, 5.74) is 7.66. The van der Waals surface area contributed by atoms with Crippen LogP contribution >= 0.6 is 11.3 Å². The van der Waals surface area contributed by atoms with Gasteiger partial charge in [-0.15, -0.1) is 11.3 Å². The van der Waals surface area contributed by atoms with E-state index in [1.807, 2.05) is 26.0 Å². The molecule has 0 bridgehead atoms. The first-order chi connectivity index (χ1) is 13.9. The number of ketones is 1. The van der Waals surface area contributed by atoms with Gasteiger partial charge < -0.3 is 9.64 Å². The van der Waals surface area contributed by atoms with Crippen molar-refractivity contribution in [2.24, 2.45) is 0 Å². The van der Waals surface area contributed by atoms with Crippen LogP contribution in [0.4, 0.5) is 5.13 Å². The first kappa shape index (κ1) is 20.9. The normalized spacial score (nSPS) is 13.8. The van der Waals surface area contributed by atoms with E-state index in [-0.39, 0.29) is 24.3 Å². The molecular weight excluding hydrogens is 392 g/mol. The molecule has 1 aromatic carbocycles. The molecule has 154 valence electrons. The molecule has 1 aliphatic heterocycles. The Balaban J connectivity index is 1.44. The van der Waals surface area contributed by atoms with E-state index in [2.05, 4.69) is 20.7 Å². The number of anilines is 1. The summed E-state index contributed by atoms with van der Waals surface area (Å²) in [5, 5.41) is 2.40. The molecule has 1 fully saturated rings. The van der Waals surface area contributed by atoms with Gasteiger partial charge in [0, 0.05) is 36.9 Å². The fourth-order valence-corrected chi connectivity index (χ4v) is 3.67. The largest absolute Gasteiger partial charge is 0.378 e. The summed E-state index contributed by atoms with van der Waals surface area (Å²) < 4.78 is 5.30. The molecule has 0 radical (unpaired) electrons. The van der Waals surface area contributed by atoms with Gasteiger partial charge in [0.15, 0.2) is 10.9 Å². The van der Waals surface area contributed by atoms with E-state index in [1.165, 1.54) is 11.3 Å². The number of benzene rings is 1. The molecule has 3 rings (SSSR count). The Bertz CT molecular complexity index is 906. The molecule has 1 aromatic heterocycles. The number of nitrogens with zero attached hydrogens (tertiary/aromatic N) is 2. The molecule has 2 heterocycles. The number of thiazole rings is 1. The smallest absolute Gasteiger partial charge is 0.289 e. The highest BCUT2D eigenvalue weighted by Gasteiger charge is 2.18. The van der Waals surface area contributed by atoms with E-state index in [0.29, 0.717) is 18.8 Å². The summed E-state index contributed by atoms with van der Waals surface area (Å²) in [5.74, 6) is -1.03. The van der Waals surface area contributed by atoms with Crippen molar-refractivity contribution in [2.75, 3.05) is 31.2 Å². The van der Waals surface area contributed by atoms with Gasteiger partial charge >= 0.3 is 0 Å². The van der Waals surface area contributed by atoms with Gasteiger partial charge in [-0.1, -0.05) is 12.1 Å². The number of hydrogen-bond acceptors (Lipinski definition) is 7. The van der Waals surface area contributed by atoms with Crippen LogP contribution in [0.3, 0.4) is 0 Å². The molecule has 0 saturated carbocycles. The maximum atomic E-state index is 12.2. The number of hydrogen-bond donors (Lipinski definition) is 2. The number of aromatic nitrogens is 1. The minimum Gasteiger partial charge on any atom is -0.378 e. The molecule has 1 saturated heterocycles. The van der Waals surface area contributed by atoms with Gasteiger partial charge in [-0.3, -0.25) is 25.2 Å². The van der Waals surface area contributed by atoms with Gasteiger partial charge in [-0.2, -0.15) is 0 Å². The van der Waals surface area contributed by atoms with Crippen LogP contribution in [0, 0.1) is 13.8 Å². The number of morpholine rings is 1. The van der Waals surface area contributed by atoms with Gasteiger partial charge in [0.05, 0.1) is 13.2 Å². The van der Waals surface area contributed by atoms with E-state index in [4.69, 9.17) is 4.74 Å². The number of Topliss-reactive ketones (excluding diaryl/α,β-unsaturated/α-hetero) is 1. The highest BCUT2D eigenvalue weighted by molar-refractivity contribution is 7.13. The monoisotopic (exact) mass is 416 g/mol. The van der Waals surface area contributed by atoms with Gasteiger partial charge in [0.2, 0.25) is 5.91 Å². The van der Waals surface area contributed by atoms with Gasteiger partial charge in [-0.25, -0.2) is 4.98 Å². The Morgan fingerprint density at radius 3 is 2.59 bits per heavy atom. The molecule has 8 nitrogen and oxygen atoms in total. The highest BCUT2D eigenvalue weighted by Crippen LogP contribution is 2.21. The van der Waals surface area contributed by atoms with Gasteiger partial charge in [0.1, 0.15) is 5.69 Å². The number of carbonyl (C=O) groups is 3. The fraction of sp³-hybridized carbons (Fsp3) is 0.400. The molecule has 0 aliphatic carbocycles. The van der Waals surface area contributed by atoms with Crippen molar-refractivity contribution in [1.29, 1.82) is 0 Å². The van der Waals surface area contributed by atoms with Crippen LogP contribution in [0.5, 0.6) is 0 Å². The minimum absolute atomic E-state index is 0.0118. The molecule has 2 N–H and O–H groups in total. The number of aryl methyl sites for hydroxylation is 2. The van der Waals surface area contributed by atoms with E-state index in [9.17, 15) is 14.4 Å². The van der Waals surface area contributed by atoms with Crippen molar-refractivity contribution >= 4 is 34.1 Å². The summed E-state index contributed by atoms with van der Waals surface area (Å²) in [7, 11) is 0. The first-order valence-electron chi connectivity index (χ1n) is 9.42. The zero-order chi connectivity index (χ0) is 20.8. The van der Waals surface area contributed by atoms with E-state index >= 15 is 0 Å². The standard InChI is InChI=1S/C20H24N4O4S/c1-13-3-4-15(11-14(13)2)17(25)5-6-18(26)22-23-19(27)16-12-29-20(21-16)24-7-9-28-10-8-24/h3-4,11-12H,5-10H2,1-2H3,(H,22,26)(H,23,27). The van der Waals surface area contributed by atoms with Crippen LogP contribution in [0.2, 0.25) is 0 Å². The van der Waals surface area contributed by atoms with E-state index < -0.39 is 11.8 Å². The highest BCUT2D eigenvalue weighted by atomic mass is 32.1. The van der Waals surface area contributed by atoms with Gasteiger partial charge in [0.25, 0.3) is 5.91 Å². The molecular formula is C20H24N4O4S. The zero-order valence-electron chi connectivity index (χ0n) is 16.5. The topological polar surface area (TPSA) is 101 Å². The van der Waals surface area contributed by atoms with Crippen LogP contribution in [0.25, 0.3) is 0 Å². The molecule has 0 spiro atoms. The maximum absolute atomic E-state index is 12.2. The Kier molecular flexibility index (Phi) is 6.95. The molecule has 0 unspecified atom stereocenters. The average Bonchev–Trinajstić information content (AvgIpc) is 3.23. The lowest BCUT2D eigenvalue weighted by molar-refractivity contribution is -0.121. The summed E-state index contributed by atoms with van der Waals surface area (Å²) in [6.45, 7) is 6.67. The lowest BCUT2D eigenvalue weighted by Crippen LogP contribution is -2.42. The number of amides is 2. The fourth-order valence-electron chi connectivity index (χ4n) is 2.81. The maximum Gasteiger partial charge on any atom is 0.289 e. The second-order valence-corrected chi connectivity index (χ2v) is 7.68. The van der Waals surface area contributed by atoms with Crippen molar-refractivity contribution in [3.63, 3.8) is 0 Å². The van der Waals surface area contributed by atoms with E-state index in [0.717, 1.165) is 29.3 Å². The quantitative estimate of drug-likeness (QED) is 0.552. The summed E-state index contributed by atoms with van der Waals surface area (Å²) in [6.07, 6.45) is 0.0597. The number of hydrazine groups is 1. The van der Waals surface area contributed by atoms with Crippen molar-refractivity contribution in [3.05, 3.63) is 46.0 Å². The third-order valence-electron chi connectivity index (χ3n) is 4.73. The number of ether oxygens (including phenoxy) is 1. The molecule has 9 heteroatoms. The third kappa shape index (κ3) is 5.61. The molecule has 1 aliphatic rings. The Morgan fingerprint density at radius 2 is 1.86 bits per heavy atom. The summed E-state index contributed by atoms with van der Waals surface area (Å²) in [4.78, 5) is 42.8. The predicted molar refractivity (Wildman–Crippen MR) is 110 cm³/mol. The lowest BCUT2D eigenvalue weighted by Gasteiger charge is -2.25. The molecule has 2 aromatic rings. The first-order valence-corrected chi connectivity index (χ1v) is 10.3. The lowest BCUT2D eigenvalue weighted by atomic mass is 10.0. The van der Waals surface area contributed by atoms with Crippen LogP contribution in [-0.2, 0) is 9.53 Å². The third-order valence-corrected chi connectivity index (χ3v) is 5.63. The molecule has 0 atom stereocenters. The van der Waals surface area contributed by atoms with Crippen molar-refractivity contribution in [3.8, 4) is 0 Å². The van der Waals surface area contributed by atoms with Crippen molar-refractivity contribution in [1.82, 2.24) is 15.8 Å². The SMILES string of the molecule is Cc1ccc(C(=O)CCC(=O)NNC(=O)c2csc(N3CCOCC3)n2)cc1C. The second-order valence-electron chi connectivity index (χ2n) is 6.84. The number of rotatable bonds is 6. The molecule has 29 heavy (non-hydrogen) atoms. The minimum atomic E-state index is -0.491. The van der Waals surface area contributed by atoms with Gasteiger partial charge in [-0.05, 0) is 31.0 Å². The van der Waals surface area contributed by atoms with Crippen LogP contribution in [-0.4, -0.2) is 48.9 Å². The average molecular weight is 417 g/mol. The van der Waals surface area contributed by atoms with Crippen molar-refractivity contribution in [2.45, 2.75) is 26.7 Å². The predicted octanol–water partition coefficient (Wildman–Crippen LogP) is 2.02. The summed E-state index contributed by atoms with van der Waals surface area (Å²) >= 11 is 1.37. The van der Waals surface area contributed by atoms with E-state index in [1.54, 1.807) is 11.4 Å². The van der Waals surface area contributed by atoms with Crippen LogP contribution in [0.1, 0.15) is 44.8 Å². The zero-order valence-corrected chi connectivity index (χ0v) is 17.3.